The molecule has 1 aliphatic heterocycles. The first-order valence-corrected chi connectivity index (χ1v) is 6.82. The van der Waals surface area contributed by atoms with Crippen molar-refractivity contribution in [2.75, 3.05) is 13.1 Å². The predicted molar refractivity (Wildman–Crippen MR) is 75.8 cm³/mol. The van der Waals surface area contributed by atoms with Crippen molar-refractivity contribution in [2.24, 2.45) is 5.73 Å². The van der Waals surface area contributed by atoms with Crippen LogP contribution in [-0.2, 0) is 12.8 Å². The Bertz CT molecular complexity index is 354. The second kappa shape index (κ2) is 7.88. The zero-order valence-corrected chi connectivity index (χ0v) is 11.5. The minimum Gasteiger partial charge on any atom is -0.366 e. The molecule has 0 aromatic heterocycles. The first-order chi connectivity index (χ1) is 8.70. The summed E-state index contributed by atoms with van der Waals surface area (Å²) >= 11 is 0. The lowest BCUT2D eigenvalue weighted by Crippen LogP contribution is -2.16. The average Bonchev–Trinajstić information content (AvgIpc) is 2.96. The molecule has 1 aromatic carbocycles. The fraction of sp³-hybridized carbons (Fsp3) is 0.533. The highest BCUT2D eigenvalue weighted by Gasteiger charge is 2.10. The van der Waals surface area contributed by atoms with Crippen LogP contribution in [0.2, 0.25) is 0 Å². The minimum atomic E-state index is -0.311. The molecule has 18 heavy (non-hydrogen) atoms. The minimum absolute atomic E-state index is 0.311. The van der Waals surface area contributed by atoms with Crippen molar-refractivity contribution in [2.45, 2.75) is 39.5 Å². The third-order valence-corrected chi connectivity index (χ3v) is 3.20. The van der Waals surface area contributed by atoms with Gasteiger partial charge in [0, 0.05) is 5.56 Å². The highest BCUT2D eigenvalue weighted by molar-refractivity contribution is 5.95. The van der Waals surface area contributed by atoms with Crippen molar-refractivity contribution in [3.05, 3.63) is 34.9 Å². The summed E-state index contributed by atoms with van der Waals surface area (Å²) < 4.78 is 0. The Kier molecular flexibility index (Phi) is 6.44. The molecule has 0 atom stereocenters. The maximum Gasteiger partial charge on any atom is 0.249 e. The zero-order chi connectivity index (χ0) is 13.4. The lowest BCUT2D eigenvalue weighted by Gasteiger charge is -2.08. The molecule has 0 unspecified atom stereocenters. The van der Waals surface area contributed by atoms with Gasteiger partial charge >= 0.3 is 0 Å². The molecule has 1 fully saturated rings. The number of nitrogens with two attached hydrogens (primary N) is 1. The standard InChI is InChI=1S/C11H15NO.C4H9N/c1-3-8-6-5-7-9(4-2)10(8)11(12)13;1-2-4-5-3-1/h5-7H,3-4H2,1-2H3,(H2,12,13);5H,1-4H2. The molecule has 2 rings (SSSR count). The molecular weight excluding hydrogens is 224 g/mol. The van der Waals surface area contributed by atoms with E-state index in [-0.39, 0.29) is 5.91 Å². The van der Waals surface area contributed by atoms with Crippen LogP contribution in [0.4, 0.5) is 0 Å². The lowest BCUT2D eigenvalue weighted by atomic mass is 9.97. The molecule has 100 valence electrons. The summed E-state index contributed by atoms with van der Waals surface area (Å²) in [4.78, 5) is 11.2. The van der Waals surface area contributed by atoms with E-state index in [0.717, 1.165) is 24.0 Å². The third-order valence-electron chi connectivity index (χ3n) is 3.20. The number of rotatable bonds is 3. The Labute approximate surface area is 110 Å². The van der Waals surface area contributed by atoms with Crippen LogP contribution in [0.5, 0.6) is 0 Å². The lowest BCUT2D eigenvalue weighted by molar-refractivity contribution is 0.0998. The highest BCUT2D eigenvalue weighted by Crippen LogP contribution is 2.15. The Balaban J connectivity index is 0.000000269. The Morgan fingerprint density at radius 1 is 1.17 bits per heavy atom. The number of aryl methyl sites for hydroxylation is 2. The molecule has 3 heteroatoms. The molecule has 0 bridgehead atoms. The Hall–Kier alpha value is -1.35. The maximum atomic E-state index is 11.2. The van der Waals surface area contributed by atoms with Crippen molar-refractivity contribution < 1.29 is 4.79 Å². The molecule has 0 spiro atoms. The number of benzene rings is 1. The fourth-order valence-electron chi connectivity index (χ4n) is 2.18. The number of hydrogen-bond acceptors (Lipinski definition) is 2. The van der Waals surface area contributed by atoms with E-state index in [1.54, 1.807) is 0 Å². The summed E-state index contributed by atoms with van der Waals surface area (Å²) in [5.41, 5.74) is 8.14. The van der Waals surface area contributed by atoms with Crippen LogP contribution in [-0.4, -0.2) is 19.0 Å². The second-order valence-electron chi connectivity index (χ2n) is 4.48. The van der Waals surface area contributed by atoms with Gasteiger partial charge in [-0.05, 0) is 49.9 Å². The molecule has 1 amide bonds. The number of amides is 1. The first kappa shape index (κ1) is 14.7. The van der Waals surface area contributed by atoms with Gasteiger partial charge in [0.25, 0.3) is 0 Å². The largest absolute Gasteiger partial charge is 0.366 e. The molecule has 0 radical (unpaired) electrons. The summed E-state index contributed by atoms with van der Waals surface area (Å²) in [6.45, 7) is 6.56. The van der Waals surface area contributed by atoms with Crippen LogP contribution < -0.4 is 11.1 Å². The number of nitrogens with one attached hydrogen (secondary N) is 1. The number of carbonyl (C=O) groups is 1. The molecule has 1 aromatic rings. The van der Waals surface area contributed by atoms with Gasteiger partial charge in [-0.25, -0.2) is 0 Å². The molecular formula is C15H24N2O. The molecule has 0 aliphatic carbocycles. The van der Waals surface area contributed by atoms with Gasteiger partial charge in [0.05, 0.1) is 0 Å². The number of hydrogen-bond donors (Lipinski definition) is 2. The van der Waals surface area contributed by atoms with Crippen LogP contribution in [0.1, 0.15) is 48.2 Å². The summed E-state index contributed by atoms with van der Waals surface area (Å²) in [5, 5.41) is 3.22. The van der Waals surface area contributed by atoms with E-state index < -0.39 is 0 Å². The van der Waals surface area contributed by atoms with Gasteiger partial charge in [0.1, 0.15) is 0 Å². The summed E-state index contributed by atoms with van der Waals surface area (Å²) in [5.74, 6) is -0.311. The van der Waals surface area contributed by atoms with E-state index in [1.165, 1.54) is 25.9 Å². The topological polar surface area (TPSA) is 55.1 Å². The normalized spacial score (nSPS) is 13.9. The average molecular weight is 248 g/mol. The van der Waals surface area contributed by atoms with Gasteiger partial charge in [0.15, 0.2) is 0 Å². The van der Waals surface area contributed by atoms with Crippen LogP contribution in [0.25, 0.3) is 0 Å². The third kappa shape index (κ3) is 4.15. The van der Waals surface area contributed by atoms with E-state index in [0.29, 0.717) is 5.56 Å². The SMILES string of the molecule is C1CCNC1.CCc1cccc(CC)c1C(N)=O. The molecule has 1 heterocycles. The van der Waals surface area contributed by atoms with Crippen LogP contribution in [0.3, 0.4) is 0 Å². The number of carbonyl (C=O) groups excluding carboxylic acids is 1. The summed E-state index contributed by atoms with van der Waals surface area (Å²) in [6, 6.07) is 5.89. The highest BCUT2D eigenvalue weighted by atomic mass is 16.1. The fourth-order valence-corrected chi connectivity index (χ4v) is 2.18. The van der Waals surface area contributed by atoms with E-state index in [2.05, 4.69) is 5.32 Å². The number of primary amides is 1. The Morgan fingerprint density at radius 3 is 1.94 bits per heavy atom. The van der Waals surface area contributed by atoms with Crippen LogP contribution in [0, 0.1) is 0 Å². The van der Waals surface area contributed by atoms with E-state index in [1.807, 2.05) is 32.0 Å². The summed E-state index contributed by atoms with van der Waals surface area (Å²) in [7, 11) is 0. The van der Waals surface area contributed by atoms with Gasteiger partial charge in [-0.1, -0.05) is 32.0 Å². The monoisotopic (exact) mass is 248 g/mol. The van der Waals surface area contributed by atoms with E-state index in [4.69, 9.17) is 5.73 Å². The van der Waals surface area contributed by atoms with E-state index >= 15 is 0 Å². The van der Waals surface area contributed by atoms with Gasteiger partial charge in [-0.3, -0.25) is 4.79 Å². The van der Waals surface area contributed by atoms with Crippen molar-refractivity contribution in [3.63, 3.8) is 0 Å². The molecule has 3 N–H and O–H groups in total. The van der Waals surface area contributed by atoms with E-state index in [9.17, 15) is 4.79 Å². The second-order valence-corrected chi connectivity index (χ2v) is 4.48. The molecule has 3 nitrogen and oxygen atoms in total. The van der Waals surface area contributed by atoms with Crippen LogP contribution in [0.15, 0.2) is 18.2 Å². The van der Waals surface area contributed by atoms with Gasteiger partial charge < -0.3 is 11.1 Å². The van der Waals surface area contributed by atoms with Crippen molar-refractivity contribution in [1.82, 2.24) is 5.32 Å². The van der Waals surface area contributed by atoms with Gasteiger partial charge in [-0.15, -0.1) is 0 Å². The molecule has 1 aliphatic rings. The first-order valence-electron chi connectivity index (χ1n) is 6.82. The zero-order valence-electron chi connectivity index (χ0n) is 11.5. The van der Waals surface area contributed by atoms with Crippen molar-refractivity contribution >= 4 is 5.91 Å². The molecule has 1 saturated heterocycles. The quantitative estimate of drug-likeness (QED) is 0.862. The van der Waals surface area contributed by atoms with Gasteiger partial charge in [0.2, 0.25) is 5.91 Å². The Morgan fingerprint density at radius 2 is 1.67 bits per heavy atom. The smallest absolute Gasteiger partial charge is 0.249 e. The summed E-state index contributed by atoms with van der Waals surface area (Å²) in [6.07, 6.45) is 4.48. The predicted octanol–water partition coefficient (Wildman–Crippen LogP) is 2.28. The van der Waals surface area contributed by atoms with Gasteiger partial charge in [-0.2, -0.15) is 0 Å². The molecule has 0 saturated carbocycles. The van der Waals surface area contributed by atoms with Crippen molar-refractivity contribution in [3.8, 4) is 0 Å². The van der Waals surface area contributed by atoms with Crippen molar-refractivity contribution in [1.29, 1.82) is 0 Å². The maximum absolute atomic E-state index is 11.2. The van der Waals surface area contributed by atoms with Crippen LogP contribution >= 0.6 is 0 Å².